The highest BCUT2D eigenvalue weighted by Crippen LogP contribution is 2.14. The van der Waals surface area contributed by atoms with E-state index in [4.69, 9.17) is 18.9 Å². The first-order chi connectivity index (χ1) is 13.8. The van der Waals surface area contributed by atoms with E-state index in [1.165, 1.54) is 11.1 Å². The Balaban J connectivity index is 1.64. The molecule has 0 radical (unpaired) electrons. The minimum atomic E-state index is 0.317. The third-order valence-electron chi connectivity index (χ3n) is 4.52. The van der Waals surface area contributed by atoms with E-state index in [0.717, 1.165) is 51.5 Å². The number of methoxy groups -OCH3 is 1. The maximum absolute atomic E-state index is 6.02. The van der Waals surface area contributed by atoms with Gasteiger partial charge in [0.05, 0.1) is 25.9 Å². The molecule has 1 aromatic carbocycles. The minimum absolute atomic E-state index is 0.317. The highest BCUT2D eigenvalue weighted by atomic mass is 16.5. The van der Waals surface area contributed by atoms with Gasteiger partial charge in [0.1, 0.15) is 0 Å². The van der Waals surface area contributed by atoms with Crippen molar-refractivity contribution in [3.63, 3.8) is 0 Å². The number of rotatable bonds is 12. The van der Waals surface area contributed by atoms with Crippen LogP contribution in [0, 0.1) is 0 Å². The number of ether oxygens (including phenoxy) is 4. The van der Waals surface area contributed by atoms with E-state index >= 15 is 0 Å². The molecular formula is C21H35N3O4. The predicted molar refractivity (Wildman–Crippen MR) is 111 cm³/mol. The van der Waals surface area contributed by atoms with Gasteiger partial charge in [-0.1, -0.05) is 24.3 Å². The second-order valence-corrected chi connectivity index (χ2v) is 6.75. The monoisotopic (exact) mass is 393 g/mol. The highest BCUT2D eigenvalue weighted by Gasteiger charge is 2.14. The zero-order valence-corrected chi connectivity index (χ0v) is 17.2. The second kappa shape index (κ2) is 14.3. The number of hydrogen-bond acceptors (Lipinski definition) is 5. The summed E-state index contributed by atoms with van der Waals surface area (Å²) >= 11 is 0. The number of hydrogen-bond donors (Lipinski definition) is 2. The SMILES string of the molecule is CN=C(NCCCOCCOC)NCc1cccc(COC2CCOCC2)c1. The van der Waals surface area contributed by atoms with Crippen LogP contribution < -0.4 is 10.6 Å². The summed E-state index contributed by atoms with van der Waals surface area (Å²) in [5, 5.41) is 6.65. The Labute approximate surface area is 168 Å². The Morgan fingerprint density at radius 1 is 1.14 bits per heavy atom. The average molecular weight is 394 g/mol. The molecule has 158 valence electrons. The van der Waals surface area contributed by atoms with Gasteiger partial charge in [0.15, 0.2) is 5.96 Å². The maximum atomic E-state index is 6.02. The zero-order valence-electron chi connectivity index (χ0n) is 17.2. The molecule has 0 unspecified atom stereocenters. The van der Waals surface area contributed by atoms with Crippen molar-refractivity contribution in [3.05, 3.63) is 35.4 Å². The molecule has 1 fully saturated rings. The van der Waals surface area contributed by atoms with Crippen LogP contribution in [0.15, 0.2) is 29.3 Å². The van der Waals surface area contributed by atoms with Crippen molar-refractivity contribution in [1.29, 1.82) is 0 Å². The molecule has 0 atom stereocenters. The number of aliphatic imine (C=N–C) groups is 1. The van der Waals surface area contributed by atoms with Crippen LogP contribution in [-0.4, -0.2) is 65.8 Å². The summed E-state index contributed by atoms with van der Waals surface area (Å²) in [7, 11) is 3.46. The van der Waals surface area contributed by atoms with Crippen LogP contribution in [0.4, 0.5) is 0 Å². The van der Waals surface area contributed by atoms with Crippen molar-refractivity contribution >= 4 is 5.96 Å². The van der Waals surface area contributed by atoms with E-state index in [1.807, 2.05) is 0 Å². The van der Waals surface area contributed by atoms with Crippen LogP contribution in [-0.2, 0) is 32.1 Å². The lowest BCUT2D eigenvalue weighted by Crippen LogP contribution is -2.37. The molecule has 0 aromatic heterocycles. The van der Waals surface area contributed by atoms with Gasteiger partial charge >= 0.3 is 0 Å². The van der Waals surface area contributed by atoms with Gasteiger partial charge in [-0.05, 0) is 30.4 Å². The third kappa shape index (κ3) is 9.50. The molecule has 0 spiro atoms. The van der Waals surface area contributed by atoms with Gasteiger partial charge in [0.25, 0.3) is 0 Å². The third-order valence-corrected chi connectivity index (χ3v) is 4.52. The van der Waals surface area contributed by atoms with Gasteiger partial charge in [-0.15, -0.1) is 0 Å². The Bertz CT molecular complexity index is 562. The summed E-state index contributed by atoms with van der Waals surface area (Å²) in [6.45, 7) is 5.77. The van der Waals surface area contributed by atoms with Crippen molar-refractivity contribution in [3.8, 4) is 0 Å². The van der Waals surface area contributed by atoms with Gasteiger partial charge in [-0.2, -0.15) is 0 Å². The first-order valence-corrected chi connectivity index (χ1v) is 10.1. The highest BCUT2D eigenvalue weighted by molar-refractivity contribution is 5.79. The van der Waals surface area contributed by atoms with E-state index in [1.54, 1.807) is 14.2 Å². The van der Waals surface area contributed by atoms with E-state index in [-0.39, 0.29) is 0 Å². The quantitative estimate of drug-likeness (QED) is 0.322. The van der Waals surface area contributed by atoms with Gasteiger partial charge in [0.2, 0.25) is 0 Å². The fraction of sp³-hybridized carbons (Fsp3) is 0.667. The summed E-state index contributed by atoms with van der Waals surface area (Å²) < 4.78 is 21.8. The molecule has 7 heteroatoms. The second-order valence-electron chi connectivity index (χ2n) is 6.75. The smallest absolute Gasteiger partial charge is 0.191 e. The van der Waals surface area contributed by atoms with Crippen molar-refractivity contribution in [1.82, 2.24) is 10.6 Å². The molecule has 0 aliphatic carbocycles. The van der Waals surface area contributed by atoms with E-state index in [2.05, 4.69) is 39.9 Å². The Kier molecular flexibility index (Phi) is 11.6. The van der Waals surface area contributed by atoms with Gasteiger partial charge < -0.3 is 29.6 Å². The molecule has 0 bridgehead atoms. The maximum Gasteiger partial charge on any atom is 0.191 e. The molecule has 0 saturated carbocycles. The molecule has 0 amide bonds. The Morgan fingerprint density at radius 3 is 2.75 bits per heavy atom. The number of nitrogens with one attached hydrogen (secondary N) is 2. The summed E-state index contributed by atoms with van der Waals surface area (Å²) in [6.07, 6.45) is 3.21. The van der Waals surface area contributed by atoms with Gasteiger partial charge in [-0.25, -0.2) is 0 Å². The summed E-state index contributed by atoms with van der Waals surface area (Å²) in [4.78, 5) is 4.27. The number of guanidine groups is 1. The lowest BCUT2D eigenvalue weighted by molar-refractivity contribution is -0.0390. The van der Waals surface area contributed by atoms with Crippen LogP contribution in [0.5, 0.6) is 0 Å². The molecule has 2 rings (SSSR count). The molecular weight excluding hydrogens is 358 g/mol. The molecule has 1 aliphatic heterocycles. The fourth-order valence-electron chi connectivity index (χ4n) is 2.92. The summed E-state index contributed by atoms with van der Waals surface area (Å²) in [5.41, 5.74) is 2.40. The van der Waals surface area contributed by atoms with Crippen LogP contribution in [0.25, 0.3) is 0 Å². The normalized spacial score (nSPS) is 15.6. The number of benzene rings is 1. The molecule has 1 heterocycles. The minimum Gasteiger partial charge on any atom is -0.382 e. The van der Waals surface area contributed by atoms with Crippen LogP contribution in [0.3, 0.4) is 0 Å². The lowest BCUT2D eigenvalue weighted by Gasteiger charge is -2.22. The number of nitrogens with zero attached hydrogens (tertiary/aromatic N) is 1. The van der Waals surface area contributed by atoms with Crippen LogP contribution in [0.1, 0.15) is 30.4 Å². The summed E-state index contributed by atoms with van der Waals surface area (Å²) in [5.74, 6) is 0.792. The lowest BCUT2D eigenvalue weighted by atomic mass is 10.1. The fourth-order valence-corrected chi connectivity index (χ4v) is 2.92. The molecule has 1 aromatic rings. The molecule has 7 nitrogen and oxygen atoms in total. The van der Waals surface area contributed by atoms with Crippen molar-refractivity contribution in [2.45, 2.75) is 38.5 Å². The van der Waals surface area contributed by atoms with Crippen molar-refractivity contribution in [2.24, 2.45) is 4.99 Å². The molecule has 1 aliphatic rings. The Morgan fingerprint density at radius 2 is 1.96 bits per heavy atom. The van der Waals surface area contributed by atoms with E-state index < -0.39 is 0 Å². The van der Waals surface area contributed by atoms with Gasteiger partial charge in [0, 0.05) is 47.1 Å². The Hall–Kier alpha value is -1.67. The predicted octanol–water partition coefficient (Wildman–Crippen LogP) is 2.10. The van der Waals surface area contributed by atoms with E-state index in [9.17, 15) is 0 Å². The average Bonchev–Trinajstić information content (AvgIpc) is 2.75. The van der Waals surface area contributed by atoms with E-state index in [0.29, 0.717) is 32.5 Å². The molecule has 2 N–H and O–H groups in total. The standard InChI is InChI=1S/C21H35N3O4/c1-22-21(23-9-4-10-26-14-13-25-2)24-16-18-5-3-6-19(15-18)17-28-20-7-11-27-12-8-20/h3,5-6,15,20H,4,7-14,16-17H2,1-2H3,(H2,22,23,24). The topological polar surface area (TPSA) is 73.3 Å². The first kappa shape index (κ1) is 22.6. The molecule has 1 saturated heterocycles. The van der Waals surface area contributed by atoms with Gasteiger partial charge in [-0.3, -0.25) is 4.99 Å². The molecule has 28 heavy (non-hydrogen) atoms. The van der Waals surface area contributed by atoms with Crippen molar-refractivity contribution in [2.75, 3.05) is 53.7 Å². The van der Waals surface area contributed by atoms with Crippen molar-refractivity contribution < 1.29 is 18.9 Å². The van der Waals surface area contributed by atoms with Crippen LogP contribution in [0.2, 0.25) is 0 Å². The first-order valence-electron chi connectivity index (χ1n) is 10.1. The largest absolute Gasteiger partial charge is 0.382 e. The van der Waals surface area contributed by atoms with Crippen LogP contribution >= 0.6 is 0 Å². The zero-order chi connectivity index (χ0) is 19.9. The summed E-state index contributed by atoms with van der Waals surface area (Å²) in [6, 6.07) is 8.48.